The second-order valence-corrected chi connectivity index (χ2v) is 3.86. The molecule has 0 heterocycles. The maximum Gasteiger partial charge on any atom is 0.194 e. The van der Waals surface area contributed by atoms with Crippen molar-refractivity contribution in [1.82, 2.24) is 0 Å². The predicted molar refractivity (Wildman–Crippen MR) is 69.4 cm³/mol. The van der Waals surface area contributed by atoms with Gasteiger partial charge in [-0.3, -0.25) is 5.43 Å². The summed E-state index contributed by atoms with van der Waals surface area (Å²) in [5.41, 5.74) is 11.1. The van der Waals surface area contributed by atoms with E-state index in [0.717, 1.165) is 16.8 Å². The van der Waals surface area contributed by atoms with Gasteiger partial charge in [0.05, 0.1) is 5.69 Å². The SMILES string of the molecule is Cc1cc(C)cc(N/N=C(\C#N)C(N)=S)c1. The van der Waals surface area contributed by atoms with E-state index in [9.17, 15) is 0 Å². The molecule has 0 amide bonds. The summed E-state index contributed by atoms with van der Waals surface area (Å²) >= 11 is 4.67. The van der Waals surface area contributed by atoms with Gasteiger partial charge in [0, 0.05) is 0 Å². The molecule has 0 saturated carbocycles. The van der Waals surface area contributed by atoms with Crippen LogP contribution in [0, 0.1) is 25.2 Å². The van der Waals surface area contributed by atoms with Crippen molar-refractivity contribution < 1.29 is 0 Å². The van der Waals surface area contributed by atoms with Gasteiger partial charge in [0.2, 0.25) is 0 Å². The molecule has 16 heavy (non-hydrogen) atoms. The number of hydrogen-bond donors (Lipinski definition) is 2. The van der Waals surface area contributed by atoms with Gasteiger partial charge >= 0.3 is 0 Å². The van der Waals surface area contributed by atoms with Crippen LogP contribution in [0.5, 0.6) is 0 Å². The Hall–Kier alpha value is -1.93. The van der Waals surface area contributed by atoms with Crippen molar-refractivity contribution in [3.8, 4) is 6.07 Å². The minimum Gasteiger partial charge on any atom is -0.387 e. The van der Waals surface area contributed by atoms with Crippen LogP contribution in [0.2, 0.25) is 0 Å². The third-order valence-corrected chi connectivity index (χ3v) is 2.05. The van der Waals surface area contributed by atoms with Gasteiger partial charge in [-0.05, 0) is 37.1 Å². The minimum atomic E-state index is -0.0145. The number of nitrogens with two attached hydrogens (primary N) is 1. The zero-order chi connectivity index (χ0) is 12.1. The zero-order valence-corrected chi connectivity index (χ0v) is 9.93. The summed E-state index contributed by atoms with van der Waals surface area (Å²) in [5.74, 6) is 0. The largest absolute Gasteiger partial charge is 0.387 e. The summed E-state index contributed by atoms with van der Waals surface area (Å²) in [6.07, 6.45) is 0. The van der Waals surface area contributed by atoms with Gasteiger partial charge < -0.3 is 5.73 Å². The number of hydrazone groups is 1. The summed E-state index contributed by atoms with van der Waals surface area (Å²) < 4.78 is 0. The van der Waals surface area contributed by atoms with Crippen LogP contribution in [-0.2, 0) is 0 Å². The molecule has 5 heteroatoms. The Bertz CT molecular complexity index is 465. The van der Waals surface area contributed by atoms with Crippen LogP contribution in [0.25, 0.3) is 0 Å². The first-order chi connectivity index (χ1) is 7.52. The Morgan fingerprint density at radius 1 is 1.38 bits per heavy atom. The molecule has 4 nitrogen and oxygen atoms in total. The molecule has 1 aromatic carbocycles. The van der Waals surface area contributed by atoms with Crippen LogP contribution in [-0.4, -0.2) is 10.7 Å². The van der Waals surface area contributed by atoms with Gasteiger partial charge in [0.15, 0.2) is 5.71 Å². The molecule has 0 aliphatic heterocycles. The fourth-order valence-electron chi connectivity index (χ4n) is 1.29. The molecule has 0 fully saturated rings. The van der Waals surface area contributed by atoms with E-state index in [1.807, 2.05) is 38.1 Å². The first kappa shape index (κ1) is 12.1. The second-order valence-electron chi connectivity index (χ2n) is 3.42. The topological polar surface area (TPSA) is 74.2 Å². The quantitative estimate of drug-likeness (QED) is 0.474. The van der Waals surface area contributed by atoms with E-state index in [2.05, 4.69) is 22.7 Å². The maximum atomic E-state index is 8.70. The van der Waals surface area contributed by atoms with Gasteiger partial charge in [0.25, 0.3) is 0 Å². The summed E-state index contributed by atoms with van der Waals surface area (Å²) in [5, 5.41) is 12.5. The number of nitrogens with zero attached hydrogens (tertiary/aromatic N) is 2. The van der Waals surface area contributed by atoms with Crippen LogP contribution >= 0.6 is 12.2 Å². The van der Waals surface area contributed by atoms with E-state index in [0.29, 0.717) is 0 Å². The number of hydrogen-bond acceptors (Lipinski definition) is 4. The molecule has 82 valence electrons. The van der Waals surface area contributed by atoms with E-state index in [-0.39, 0.29) is 10.7 Å². The number of thiocarbonyl (C=S) groups is 1. The highest BCUT2D eigenvalue weighted by Crippen LogP contribution is 2.13. The average molecular weight is 232 g/mol. The van der Waals surface area contributed by atoms with Crippen LogP contribution in [0.15, 0.2) is 23.3 Å². The smallest absolute Gasteiger partial charge is 0.194 e. The lowest BCUT2D eigenvalue weighted by Crippen LogP contribution is -2.20. The van der Waals surface area contributed by atoms with Crippen molar-refractivity contribution in [3.63, 3.8) is 0 Å². The van der Waals surface area contributed by atoms with E-state index >= 15 is 0 Å². The Labute approximate surface area is 99.8 Å². The number of aryl methyl sites for hydroxylation is 2. The van der Waals surface area contributed by atoms with Crippen molar-refractivity contribution >= 4 is 28.6 Å². The molecule has 0 spiro atoms. The molecule has 1 rings (SSSR count). The first-order valence-corrected chi connectivity index (χ1v) is 5.05. The standard InChI is InChI=1S/C11H12N4S/c1-7-3-8(2)5-9(4-7)14-15-10(6-12)11(13)16/h3-5,14H,1-2H3,(H2,13,16)/b15-10+. The van der Waals surface area contributed by atoms with Crippen molar-refractivity contribution in [2.24, 2.45) is 10.8 Å². The zero-order valence-electron chi connectivity index (χ0n) is 9.11. The Kier molecular flexibility index (Phi) is 3.97. The molecular weight excluding hydrogens is 220 g/mol. The molecule has 1 aromatic rings. The molecule has 0 bridgehead atoms. The molecule has 0 saturated heterocycles. The molecule has 0 aromatic heterocycles. The second kappa shape index (κ2) is 5.24. The van der Waals surface area contributed by atoms with Crippen LogP contribution in [0.3, 0.4) is 0 Å². The van der Waals surface area contributed by atoms with Crippen molar-refractivity contribution in [2.45, 2.75) is 13.8 Å². The molecule has 0 atom stereocenters. The highest BCUT2D eigenvalue weighted by atomic mass is 32.1. The summed E-state index contributed by atoms with van der Waals surface area (Å²) in [7, 11) is 0. The lowest BCUT2D eigenvalue weighted by atomic mass is 10.1. The molecular formula is C11H12N4S. The van der Waals surface area contributed by atoms with Crippen LogP contribution in [0.1, 0.15) is 11.1 Å². The summed E-state index contributed by atoms with van der Waals surface area (Å²) in [4.78, 5) is -0.0145. The number of nitrogens with one attached hydrogen (secondary N) is 1. The molecule has 3 N–H and O–H groups in total. The third-order valence-electron chi connectivity index (χ3n) is 1.86. The van der Waals surface area contributed by atoms with Crippen molar-refractivity contribution in [3.05, 3.63) is 29.3 Å². The molecule has 0 aliphatic rings. The highest BCUT2D eigenvalue weighted by Gasteiger charge is 2.00. The average Bonchev–Trinajstić information content (AvgIpc) is 2.16. The Morgan fingerprint density at radius 2 is 1.94 bits per heavy atom. The lowest BCUT2D eigenvalue weighted by Gasteiger charge is -2.04. The summed E-state index contributed by atoms with van der Waals surface area (Å²) in [6.45, 7) is 3.97. The van der Waals surface area contributed by atoms with Gasteiger partial charge in [-0.2, -0.15) is 10.4 Å². The first-order valence-electron chi connectivity index (χ1n) is 4.65. The normalized spacial score (nSPS) is 10.7. The minimum absolute atomic E-state index is 0.0145. The van der Waals surface area contributed by atoms with E-state index < -0.39 is 0 Å². The van der Waals surface area contributed by atoms with Gasteiger partial charge in [-0.15, -0.1) is 0 Å². The molecule has 0 unspecified atom stereocenters. The Balaban J connectivity index is 2.90. The van der Waals surface area contributed by atoms with Crippen LogP contribution < -0.4 is 11.2 Å². The number of nitriles is 1. The number of benzene rings is 1. The number of rotatable bonds is 3. The monoisotopic (exact) mass is 232 g/mol. The maximum absolute atomic E-state index is 8.70. The number of anilines is 1. The molecule has 0 aliphatic carbocycles. The fourth-order valence-corrected chi connectivity index (χ4v) is 1.39. The summed E-state index contributed by atoms with van der Waals surface area (Å²) in [6, 6.07) is 7.71. The molecule has 0 radical (unpaired) electrons. The van der Waals surface area contributed by atoms with Crippen molar-refractivity contribution in [2.75, 3.05) is 5.43 Å². The van der Waals surface area contributed by atoms with Gasteiger partial charge in [-0.1, -0.05) is 18.3 Å². The van der Waals surface area contributed by atoms with Gasteiger partial charge in [-0.25, -0.2) is 0 Å². The van der Waals surface area contributed by atoms with E-state index in [1.165, 1.54) is 0 Å². The Morgan fingerprint density at radius 3 is 2.38 bits per heavy atom. The van der Waals surface area contributed by atoms with E-state index in [4.69, 9.17) is 11.0 Å². The highest BCUT2D eigenvalue weighted by molar-refractivity contribution is 7.82. The van der Waals surface area contributed by atoms with Crippen molar-refractivity contribution in [1.29, 1.82) is 5.26 Å². The lowest BCUT2D eigenvalue weighted by molar-refractivity contribution is 1.30. The fraction of sp³-hybridized carbons (Fsp3) is 0.182. The third kappa shape index (κ3) is 3.33. The van der Waals surface area contributed by atoms with E-state index in [1.54, 1.807) is 0 Å². The van der Waals surface area contributed by atoms with Crippen LogP contribution in [0.4, 0.5) is 5.69 Å². The predicted octanol–water partition coefficient (Wildman–Crippen LogP) is 1.88. The van der Waals surface area contributed by atoms with Gasteiger partial charge in [0.1, 0.15) is 11.1 Å².